The molecular formula is C14H17Cl2N3. The van der Waals surface area contributed by atoms with Gasteiger partial charge in [-0.2, -0.15) is 0 Å². The Morgan fingerprint density at radius 3 is 2.63 bits per heavy atom. The van der Waals surface area contributed by atoms with Crippen molar-refractivity contribution >= 4 is 29.0 Å². The lowest BCUT2D eigenvalue weighted by Crippen LogP contribution is -2.05. The highest BCUT2D eigenvalue weighted by atomic mass is 35.5. The first kappa shape index (κ1) is 14.2. The number of nitrogens with two attached hydrogens (primary N) is 1. The highest BCUT2D eigenvalue weighted by Crippen LogP contribution is 2.36. The number of benzene rings is 1. The van der Waals surface area contributed by atoms with Gasteiger partial charge in [-0.25, -0.2) is 4.98 Å². The number of imidazole rings is 1. The Balaban J connectivity index is 2.59. The number of hydrogen-bond acceptors (Lipinski definition) is 2. The third-order valence-corrected chi connectivity index (χ3v) is 3.90. The summed E-state index contributed by atoms with van der Waals surface area (Å²) in [5, 5.41) is 1.02. The zero-order valence-electron chi connectivity index (χ0n) is 11.1. The minimum Gasteiger partial charge on any atom is -0.383 e. The minimum atomic E-state index is 0.500. The lowest BCUT2D eigenvalue weighted by Gasteiger charge is -2.06. The molecule has 0 unspecified atom stereocenters. The van der Waals surface area contributed by atoms with Crippen molar-refractivity contribution in [2.45, 2.75) is 33.2 Å². The van der Waals surface area contributed by atoms with Gasteiger partial charge in [0.2, 0.25) is 0 Å². The zero-order valence-corrected chi connectivity index (χ0v) is 12.6. The summed E-state index contributed by atoms with van der Waals surface area (Å²) in [7, 11) is 0. The number of halogens is 2. The van der Waals surface area contributed by atoms with Crippen molar-refractivity contribution in [3.63, 3.8) is 0 Å². The van der Waals surface area contributed by atoms with E-state index < -0.39 is 0 Å². The van der Waals surface area contributed by atoms with Gasteiger partial charge in [-0.05, 0) is 19.4 Å². The Bertz CT molecular complexity index is 591. The summed E-state index contributed by atoms with van der Waals surface area (Å²) in [5.74, 6) is 1.64. The molecular weight excluding hydrogens is 281 g/mol. The number of nitrogen functional groups attached to an aromatic ring is 1. The first-order valence-electron chi connectivity index (χ1n) is 6.39. The highest BCUT2D eigenvalue weighted by Gasteiger charge is 2.17. The molecule has 102 valence electrons. The van der Waals surface area contributed by atoms with Gasteiger partial charge in [0.05, 0.1) is 10.0 Å². The fraction of sp³-hybridized carbons (Fsp3) is 0.357. The Hall–Kier alpha value is -1.19. The molecule has 0 amide bonds. The van der Waals surface area contributed by atoms with Gasteiger partial charge in [0.1, 0.15) is 17.3 Å². The van der Waals surface area contributed by atoms with Crippen LogP contribution in [0, 0.1) is 0 Å². The highest BCUT2D eigenvalue weighted by molar-refractivity contribution is 6.43. The van der Waals surface area contributed by atoms with Crippen molar-refractivity contribution in [3.05, 3.63) is 34.1 Å². The lowest BCUT2D eigenvalue weighted by molar-refractivity contribution is 0.690. The van der Waals surface area contributed by atoms with E-state index >= 15 is 0 Å². The maximum Gasteiger partial charge on any atom is 0.131 e. The Kier molecular flexibility index (Phi) is 4.38. The van der Waals surface area contributed by atoms with Crippen LogP contribution in [0.2, 0.25) is 10.0 Å². The molecule has 2 aromatic rings. The summed E-state index contributed by atoms with van der Waals surface area (Å²) in [4.78, 5) is 4.64. The van der Waals surface area contributed by atoms with Crippen LogP contribution < -0.4 is 5.73 Å². The van der Waals surface area contributed by atoms with E-state index in [0.717, 1.165) is 36.5 Å². The maximum atomic E-state index is 6.24. The minimum absolute atomic E-state index is 0.500. The number of hydrogen-bond donors (Lipinski definition) is 1. The molecule has 1 aromatic carbocycles. The molecule has 2 N–H and O–H groups in total. The molecule has 0 radical (unpaired) electrons. The molecule has 0 saturated carbocycles. The van der Waals surface area contributed by atoms with Crippen LogP contribution in [0.4, 0.5) is 5.82 Å². The third kappa shape index (κ3) is 2.58. The molecule has 0 aliphatic rings. The van der Waals surface area contributed by atoms with Crippen LogP contribution in [0.25, 0.3) is 11.3 Å². The topological polar surface area (TPSA) is 43.8 Å². The number of nitrogens with zero attached hydrogens (tertiary/aromatic N) is 2. The van der Waals surface area contributed by atoms with E-state index in [0.29, 0.717) is 15.9 Å². The number of anilines is 1. The molecule has 5 heteroatoms. The maximum absolute atomic E-state index is 6.24. The van der Waals surface area contributed by atoms with Gasteiger partial charge in [-0.3, -0.25) is 0 Å². The van der Waals surface area contributed by atoms with Crippen molar-refractivity contribution in [1.82, 2.24) is 9.55 Å². The first-order valence-corrected chi connectivity index (χ1v) is 7.15. The normalized spacial score (nSPS) is 10.9. The van der Waals surface area contributed by atoms with Gasteiger partial charge in [-0.1, -0.05) is 42.3 Å². The molecule has 0 bridgehead atoms. The van der Waals surface area contributed by atoms with E-state index in [1.807, 2.05) is 16.7 Å². The van der Waals surface area contributed by atoms with Crippen LogP contribution in [0.15, 0.2) is 18.2 Å². The van der Waals surface area contributed by atoms with Gasteiger partial charge in [0.15, 0.2) is 0 Å². The summed E-state index contributed by atoms with van der Waals surface area (Å²) < 4.78 is 2.02. The number of aromatic nitrogens is 2. The lowest BCUT2D eigenvalue weighted by atomic mass is 10.1. The van der Waals surface area contributed by atoms with E-state index in [2.05, 4.69) is 18.8 Å². The van der Waals surface area contributed by atoms with Crippen molar-refractivity contribution in [2.75, 3.05) is 5.73 Å². The second-order valence-electron chi connectivity index (χ2n) is 4.36. The monoisotopic (exact) mass is 297 g/mol. The predicted octanol–water partition coefficient (Wildman–Crippen LogP) is 4.41. The quantitative estimate of drug-likeness (QED) is 0.908. The fourth-order valence-electron chi connectivity index (χ4n) is 2.17. The van der Waals surface area contributed by atoms with Crippen LogP contribution in [-0.4, -0.2) is 9.55 Å². The van der Waals surface area contributed by atoms with Crippen LogP contribution in [0.5, 0.6) is 0 Å². The largest absolute Gasteiger partial charge is 0.383 e. The fourth-order valence-corrected chi connectivity index (χ4v) is 2.56. The second-order valence-corrected chi connectivity index (χ2v) is 5.14. The molecule has 1 aromatic heterocycles. The van der Waals surface area contributed by atoms with Gasteiger partial charge < -0.3 is 10.3 Å². The first-order chi connectivity index (χ1) is 9.10. The average molecular weight is 298 g/mol. The Morgan fingerprint density at radius 2 is 2.00 bits per heavy atom. The van der Waals surface area contributed by atoms with E-state index in [9.17, 15) is 0 Å². The average Bonchev–Trinajstić information content (AvgIpc) is 2.70. The van der Waals surface area contributed by atoms with Gasteiger partial charge in [0, 0.05) is 18.5 Å². The number of rotatable bonds is 4. The van der Waals surface area contributed by atoms with Crippen molar-refractivity contribution < 1.29 is 0 Å². The van der Waals surface area contributed by atoms with Crippen molar-refractivity contribution in [3.8, 4) is 11.3 Å². The molecule has 1 heterocycles. The van der Waals surface area contributed by atoms with Crippen molar-refractivity contribution in [1.29, 1.82) is 0 Å². The van der Waals surface area contributed by atoms with Gasteiger partial charge in [-0.15, -0.1) is 0 Å². The van der Waals surface area contributed by atoms with Crippen molar-refractivity contribution in [2.24, 2.45) is 0 Å². The predicted molar refractivity (Wildman–Crippen MR) is 81.8 cm³/mol. The summed E-state index contributed by atoms with van der Waals surface area (Å²) in [5.41, 5.74) is 7.70. The second kappa shape index (κ2) is 5.85. The van der Waals surface area contributed by atoms with Crippen LogP contribution in [0.1, 0.15) is 26.1 Å². The van der Waals surface area contributed by atoms with E-state index in [-0.39, 0.29) is 0 Å². The molecule has 0 fully saturated rings. The summed E-state index contributed by atoms with van der Waals surface area (Å²) in [6, 6.07) is 5.50. The molecule has 0 spiro atoms. The van der Waals surface area contributed by atoms with Gasteiger partial charge >= 0.3 is 0 Å². The molecule has 2 rings (SSSR count). The Morgan fingerprint density at radius 1 is 1.26 bits per heavy atom. The molecule has 0 aliphatic heterocycles. The molecule has 0 aliphatic carbocycles. The van der Waals surface area contributed by atoms with E-state index in [1.165, 1.54) is 0 Å². The van der Waals surface area contributed by atoms with Gasteiger partial charge in [0.25, 0.3) is 0 Å². The summed E-state index contributed by atoms with van der Waals surface area (Å²) in [6.45, 7) is 4.98. The van der Waals surface area contributed by atoms with Crippen LogP contribution >= 0.6 is 23.2 Å². The molecule has 19 heavy (non-hydrogen) atoms. The van der Waals surface area contributed by atoms with Crippen LogP contribution in [-0.2, 0) is 13.0 Å². The zero-order chi connectivity index (χ0) is 14.0. The number of aryl methyl sites for hydroxylation is 1. The third-order valence-electron chi connectivity index (χ3n) is 3.08. The van der Waals surface area contributed by atoms with E-state index in [4.69, 9.17) is 28.9 Å². The van der Waals surface area contributed by atoms with Crippen LogP contribution in [0.3, 0.4) is 0 Å². The van der Waals surface area contributed by atoms with E-state index in [1.54, 1.807) is 6.07 Å². The smallest absolute Gasteiger partial charge is 0.131 e. The summed E-state index contributed by atoms with van der Waals surface area (Å²) >= 11 is 12.3. The standard InChI is InChI=1S/C14H17Cl2N3/c1-3-6-11-18-13(14(17)19(11)4-2)9-7-5-8-10(15)12(9)16/h5,7-8H,3-4,6,17H2,1-2H3. The molecule has 3 nitrogen and oxygen atoms in total. The summed E-state index contributed by atoms with van der Waals surface area (Å²) in [6.07, 6.45) is 1.93. The molecule has 0 saturated heterocycles. The Labute approximate surface area is 123 Å². The SMILES string of the molecule is CCCc1nc(-c2cccc(Cl)c2Cl)c(N)n1CC. The molecule has 0 atom stereocenters.